The predicted octanol–water partition coefficient (Wildman–Crippen LogP) is 5.05. The summed E-state index contributed by atoms with van der Waals surface area (Å²) in [4.78, 5) is 20.9. The van der Waals surface area contributed by atoms with Crippen LogP contribution in [0.2, 0.25) is 0 Å². The van der Waals surface area contributed by atoms with Gasteiger partial charge >= 0.3 is 6.18 Å². The molecule has 0 saturated heterocycles. The number of nitrogens with one attached hydrogen (secondary N) is 1. The molecule has 4 rings (SSSR count). The van der Waals surface area contributed by atoms with Crippen molar-refractivity contribution in [2.24, 2.45) is 0 Å². The SMILES string of the molecule is O=C(Nc1nc(-c2ccc3c(c2)CCO3)cs1)c1cccnc1SCC(F)(F)F. The minimum Gasteiger partial charge on any atom is -0.493 e. The normalized spacial score (nSPS) is 13.1. The molecule has 0 bridgehead atoms. The summed E-state index contributed by atoms with van der Waals surface area (Å²) in [6.45, 7) is 0.664. The number of hydrogen-bond donors (Lipinski definition) is 1. The fourth-order valence-corrected chi connectivity index (χ4v) is 4.27. The van der Waals surface area contributed by atoms with Crippen molar-refractivity contribution in [3.05, 3.63) is 53.0 Å². The van der Waals surface area contributed by atoms with E-state index < -0.39 is 17.8 Å². The molecule has 29 heavy (non-hydrogen) atoms. The average Bonchev–Trinajstić information content (AvgIpc) is 3.34. The Kier molecular flexibility index (Phi) is 5.46. The van der Waals surface area contributed by atoms with Crippen molar-refractivity contribution >= 4 is 34.1 Å². The number of ether oxygens (including phenoxy) is 1. The second-order valence-corrected chi connectivity index (χ2v) is 8.00. The van der Waals surface area contributed by atoms with Gasteiger partial charge in [-0.2, -0.15) is 13.2 Å². The molecule has 0 radical (unpaired) electrons. The zero-order valence-electron chi connectivity index (χ0n) is 14.8. The quantitative estimate of drug-likeness (QED) is 0.566. The molecule has 3 heterocycles. The average molecular weight is 437 g/mol. The molecule has 2 aromatic heterocycles. The molecule has 150 valence electrons. The number of pyridine rings is 1. The van der Waals surface area contributed by atoms with Crippen molar-refractivity contribution in [1.29, 1.82) is 0 Å². The van der Waals surface area contributed by atoms with Gasteiger partial charge in [-0.05, 0) is 35.9 Å². The lowest BCUT2D eigenvalue weighted by Crippen LogP contribution is -2.15. The summed E-state index contributed by atoms with van der Waals surface area (Å²) in [5.41, 5.74) is 2.81. The first kappa shape index (κ1) is 19.7. The molecule has 0 fully saturated rings. The van der Waals surface area contributed by atoms with Crippen LogP contribution in [0.4, 0.5) is 18.3 Å². The van der Waals surface area contributed by atoms with Crippen molar-refractivity contribution in [2.75, 3.05) is 17.7 Å². The number of nitrogens with zero attached hydrogens (tertiary/aromatic N) is 2. The van der Waals surface area contributed by atoms with E-state index in [1.54, 1.807) is 0 Å². The second-order valence-electron chi connectivity index (χ2n) is 6.17. The monoisotopic (exact) mass is 437 g/mol. The van der Waals surface area contributed by atoms with Crippen LogP contribution in [0.1, 0.15) is 15.9 Å². The predicted molar refractivity (Wildman–Crippen MR) is 106 cm³/mol. The fourth-order valence-electron chi connectivity index (χ4n) is 2.80. The number of carbonyl (C=O) groups excluding carboxylic acids is 1. The van der Waals surface area contributed by atoms with Crippen LogP contribution in [0.15, 0.2) is 46.9 Å². The standard InChI is InChI=1S/C19H14F3N3O2S2/c20-19(21,22)10-29-17-13(2-1-6-23-17)16(26)25-18-24-14(9-28-18)11-3-4-15-12(8-11)5-7-27-15/h1-4,6,8-9H,5,7,10H2,(H,24,25,26). The lowest BCUT2D eigenvalue weighted by Gasteiger charge is -2.09. The van der Waals surface area contributed by atoms with Crippen molar-refractivity contribution in [2.45, 2.75) is 17.6 Å². The van der Waals surface area contributed by atoms with Gasteiger partial charge in [0.25, 0.3) is 5.91 Å². The van der Waals surface area contributed by atoms with Crippen molar-refractivity contribution in [3.63, 3.8) is 0 Å². The van der Waals surface area contributed by atoms with Crippen LogP contribution in [0.3, 0.4) is 0 Å². The molecule has 3 aromatic rings. The minimum absolute atomic E-state index is 0.0257. The van der Waals surface area contributed by atoms with Crippen LogP contribution in [0, 0.1) is 0 Å². The molecular formula is C19H14F3N3O2S2. The molecule has 1 aliphatic heterocycles. The van der Waals surface area contributed by atoms with E-state index >= 15 is 0 Å². The van der Waals surface area contributed by atoms with E-state index in [2.05, 4.69) is 15.3 Å². The molecular weight excluding hydrogens is 423 g/mol. The van der Waals surface area contributed by atoms with Gasteiger partial charge in [0.15, 0.2) is 5.13 Å². The molecule has 0 atom stereocenters. The van der Waals surface area contributed by atoms with Gasteiger partial charge in [0.05, 0.1) is 23.6 Å². The number of aromatic nitrogens is 2. The van der Waals surface area contributed by atoms with Crippen LogP contribution < -0.4 is 10.1 Å². The van der Waals surface area contributed by atoms with Crippen LogP contribution in [0.25, 0.3) is 11.3 Å². The van der Waals surface area contributed by atoms with E-state index in [4.69, 9.17) is 4.74 Å². The maximum absolute atomic E-state index is 12.6. The third-order valence-electron chi connectivity index (χ3n) is 4.10. The molecule has 1 aromatic carbocycles. The van der Waals surface area contributed by atoms with Gasteiger partial charge in [-0.3, -0.25) is 10.1 Å². The number of alkyl halides is 3. The van der Waals surface area contributed by atoms with Gasteiger partial charge in [0, 0.05) is 23.6 Å². The lowest BCUT2D eigenvalue weighted by atomic mass is 10.1. The number of hydrogen-bond acceptors (Lipinski definition) is 6. The first-order valence-corrected chi connectivity index (χ1v) is 10.4. The number of anilines is 1. The van der Waals surface area contributed by atoms with Crippen molar-refractivity contribution in [3.8, 4) is 17.0 Å². The number of thioether (sulfide) groups is 1. The number of thiazole rings is 1. The van der Waals surface area contributed by atoms with Crippen LogP contribution >= 0.6 is 23.1 Å². The molecule has 5 nitrogen and oxygen atoms in total. The molecule has 0 aliphatic carbocycles. The number of carbonyl (C=O) groups is 1. The van der Waals surface area contributed by atoms with E-state index in [-0.39, 0.29) is 10.6 Å². The van der Waals surface area contributed by atoms with E-state index in [1.165, 1.54) is 29.7 Å². The zero-order chi connectivity index (χ0) is 20.4. The summed E-state index contributed by atoms with van der Waals surface area (Å²) in [6.07, 6.45) is -2.15. The maximum Gasteiger partial charge on any atom is 0.398 e. The maximum atomic E-state index is 12.6. The Labute approximate surface area is 172 Å². The summed E-state index contributed by atoms with van der Waals surface area (Å²) in [6, 6.07) is 8.76. The van der Waals surface area contributed by atoms with E-state index in [0.717, 1.165) is 23.3 Å². The van der Waals surface area contributed by atoms with Gasteiger partial charge in [0.1, 0.15) is 10.8 Å². The molecule has 1 amide bonds. The third kappa shape index (κ3) is 4.70. The first-order valence-electron chi connectivity index (χ1n) is 8.56. The lowest BCUT2D eigenvalue weighted by molar-refractivity contribution is -0.105. The van der Waals surface area contributed by atoms with Gasteiger partial charge in [-0.15, -0.1) is 11.3 Å². The second kappa shape index (κ2) is 8.03. The van der Waals surface area contributed by atoms with Gasteiger partial charge in [-0.25, -0.2) is 9.97 Å². The van der Waals surface area contributed by atoms with E-state index in [9.17, 15) is 18.0 Å². The van der Waals surface area contributed by atoms with Gasteiger partial charge < -0.3 is 4.74 Å². The molecule has 1 aliphatic rings. The smallest absolute Gasteiger partial charge is 0.398 e. The van der Waals surface area contributed by atoms with E-state index in [0.29, 0.717) is 29.2 Å². The van der Waals surface area contributed by atoms with Crippen LogP contribution in [-0.4, -0.2) is 34.4 Å². The Bertz CT molecular complexity index is 1050. The summed E-state index contributed by atoms with van der Waals surface area (Å²) in [5.74, 6) is -0.794. The number of amides is 1. The number of benzene rings is 1. The third-order valence-corrected chi connectivity index (χ3v) is 5.93. The van der Waals surface area contributed by atoms with Crippen LogP contribution in [-0.2, 0) is 6.42 Å². The Morgan fingerprint density at radius 2 is 2.17 bits per heavy atom. The minimum atomic E-state index is -4.35. The fraction of sp³-hybridized carbons (Fsp3) is 0.211. The van der Waals surface area contributed by atoms with Crippen molar-refractivity contribution < 1.29 is 22.7 Å². The summed E-state index contributed by atoms with van der Waals surface area (Å²) >= 11 is 1.72. The number of halogens is 3. The Balaban J connectivity index is 1.49. The molecule has 10 heteroatoms. The highest BCUT2D eigenvalue weighted by Crippen LogP contribution is 2.32. The summed E-state index contributed by atoms with van der Waals surface area (Å²) < 4.78 is 43.0. The zero-order valence-corrected chi connectivity index (χ0v) is 16.5. The number of rotatable bonds is 5. The van der Waals surface area contributed by atoms with Gasteiger partial charge in [0.2, 0.25) is 0 Å². The number of fused-ring (bicyclic) bond motifs is 1. The topological polar surface area (TPSA) is 64.1 Å². The largest absolute Gasteiger partial charge is 0.493 e. The first-order chi connectivity index (χ1) is 13.9. The Morgan fingerprint density at radius 1 is 1.31 bits per heavy atom. The highest BCUT2D eigenvalue weighted by Gasteiger charge is 2.28. The van der Waals surface area contributed by atoms with Crippen molar-refractivity contribution in [1.82, 2.24) is 9.97 Å². The van der Waals surface area contributed by atoms with E-state index in [1.807, 2.05) is 23.6 Å². The van der Waals surface area contributed by atoms with Gasteiger partial charge in [-0.1, -0.05) is 11.8 Å². The summed E-state index contributed by atoms with van der Waals surface area (Å²) in [5, 5.41) is 4.85. The highest BCUT2D eigenvalue weighted by molar-refractivity contribution is 7.99. The highest BCUT2D eigenvalue weighted by atomic mass is 32.2. The Hall–Kier alpha value is -2.59. The molecule has 0 spiro atoms. The Morgan fingerprint density at radius 3 is 3.00 bits per heavy atom. The van der Waals surface area contributed by atoms with Crippen LogP contribution in [0.5, 0.6) is 5.75 Å². The summed E-state index contributed by atoms with van der Waals surface area (Å²) in [7, 11) is 0. The molecule has 0 saturated carbocycles. The molecule has 1 N–H and O–H groups in total. The molecule has 0 unspecified atom stereocenters.